The lowest BCUT2D eigenvalue weighted by atomic mass is 10.4. The lowest BCUT2D eigenvalue weighted by Gasteiger charge is -2.02. The summed E-state index contributed by atoms with van der Waals surface area (Å²) in [7, 11) is 0. The van der Waals surface area contributed by atoms with Crippen LogP contribution in [0.4, 0.5) is 0 Å². The Morgan fingerprint density at radius 3 is 3.16 bits per heavy atom. The predicted molar refractivity (Wildman–Crippen MR) is 70.2 cm³/mol. The van der Waals surface area contributed by atoms with Gasteiger partial charge in [0.25, 0.3) is 0 Å². The van der Waals surface area contributed by atoms with Crippen molar-refractivity contribution in [2.45, 2.75) is 13.1 Å². The molecular weight excluding hydrogens is 264 g/mol. The Kier molecular flexibility index (Phi) is 4.66. The topological polar surface area (TPSA) is 80.0 Å². The zero-order valence-electron chi connectivity index (χ0n) is 10.0. The molecule has 6 nitrogen and oxygen atoms in total. The van der Waals surface area contributed by atoms with Gasteiger partial charge in [-0.3, -0.25) is 4.79 Å². The number of amides is 1. The summed E-state index contributed by atoms with van der Waals surface area (Å²) in [6.45, 7) is 0.462. The maximum atomic E-state index is 11.6. The van der Waals surface area contributed by atoms with Crippen molar-refractivity contribution in [3.63, 3.8) is 0 Å². The number of hydrogen-bond donors (Lipinski definition) is 2. The molecule has 0 aliphatic carbocycles. The first-order valence-corrected chi connectivity index (χ1v) is 6.37. The molecular formula is C12H12N4O2S. The van der Waals surface area contributed by atoms with Crippen molar-refractivity contribution in [2.24, 2.45) is 0 Å². The maximum Gasteiger partial charge on any atom is 0.242 e. The molecule has 1 amide bonds. The first kappa shape index (κ1) is 13.3. The third-order valence-electron chi connectivity index (χ3n) is 2.18. The van der Waals surface area contributed by atoms with Gasteiger partial charge >= 0.3 is 0 Å². The predicted octanol–water partition coefficient (Wildman–Crippen LogP) is -0.000200. The number of aliphatic hydroxyl groups is 1. The van der Waals surface area contributed by atoms with Gasteiger partial charge < -0.3 is 10.4 Å². The van der Waals surface area contributed by atoms with E-state index in [2.05, 4.69) is 27.2 Å². The molecule has 2 N–H and O–H groups in total. The minimum absolute atomic E-state index is 0.123. The van der Waals surface area contributed by atoms with Gasteiger partial charge in [0.05, 0.1) is 11.4 Å². The molecule has 0 fully saturated rings. The second-order valence-electron chi connectivity index (χ2n) is 3.60. The molecule has 0 saturated carbocycles. The van der Waals surface area contributed by atoms with Crippen LogP contribution in [0.5, 0.6) is 0 Å². The number of rotatable bonds is 4. The van der Waals surface area contributed by atoms with E-state index in [0.29, 0.717) is 6.54 Å². The van der Waals surface area contributed by atoms with E-state index >= 15 is 0 Å². The normalized spacial score (nSPS) is 9.74. The molecule has 2 aromatic heterocycles. The van der Waals surface area contributed by atoms with Crippen LogP contribution in [0.3, 0.4) is 0 Å². The molecule has 0 aliphatic heterocycles. The third-order valence-corrected chi connectivity index (χ3v) is 3.18. The van der Waals surface area contributed by atoms with E-state index < -0.39 is 0 Å². The molecule has 0 atom stereocenters. The SMILES string of the molecule is O=C(Cn1cncn1)NCc1ccc(C#CCO)s1. The molecule has 2 rings (SSSR count). The van der Waals surface area contributed by atoms with Gasteiger partial charge in [-0.2, -0.15) is 5.10 Å². The van der Waals surface area contributed by atoms with Crippen LogP contribution in [0.2, 0.25) is 0 Å². The Bertz CT molecular complexity index is 595. The van der Waals surface area contributed by atoms with Crippen LogP contribution in [0.15, 0.2) is 24.8 Å². The number of carbonyl (C=O) groups is 1. The van der Waals surface area contributed by atoms with Gasteiger partial charge in [-0.15, -0.1) is 11.3 Å². The van der Waals surface area contributed by atoms with E-state index in [9.17, 15) is 4.79 Å². The number of hydrogen-bond acceptors (Lipinski definition) is 5. The lowest BCUT2D eigenvalue weighted by molar-refractivity contribution is -0.122. The summed E-state index contributed by atoms with van der Waals surface area (Å²) < 4.78 is 1.46. The summed E-state index contributed by atoms with van der Waals surface area (Å²) in [5, 5.41) is 15.2. The summed E-state index contributed by atoms with van der Waals surface area (Å²) in [5.41, 5.74) is 0. The van der Waals surface area contributed by atoms with E-state index in [4.69, 9.17) is 5.11 Å². The van der Waals surface area contributed by atoms with Crippen LogP contribution in [0, 0.1) is 11.8 Å². The quantitative estimate of drug-likeness (QED) is 0.770. The Labute approximate surface area is 114 Å². The van der Waals surface area contributed by atoms with Gasteiger partial charge in [0.1, 0.15) is 25.8 Å². The third kappa shape index (κ3) is 4.21. The van der Waals surface area contributed by atoms with Crippen LogP contribution in [-0.4, -0.2) is 32.4 Å². The first-order chi connectivity index (χ1) is 9.28. The average Bonchev–Trinajstić information content (AvgIpc) is 3.05. The smallest absolute Gasteiger partial charge is 0.242 e. The molecule has 2 heterocycles. The summed E-state index contributed by atoms with van der Waals surface area (Å²) in [6, 6.07) is 3.77. The minimum atomic E-state index is -0.151. The van der Waals surface area contributed by atoms with Crippen molar-refractivity contribution in [2.75, 3.05) is 6.61 Å². The molecule has 0 aliphatic rings. The molecule has 0 spiro atoms. The summed E-state index contributed by atoms with van der Waals surface area (Å²) in [4.78, 5) is 17.2. The number of aromatic nitrogens is 3. The Morgan fingerprint density at radius 1 is 1.53 bits per heavy atom. The summed E-state index contributed by atoms with van der Waals surface area (Å²) in [5.74, 6) is 5.28. The van der Waals surface area contributed by atoms with E-state index in [0.717, 1.165) is 9.75 Å². The van der Waals surface area contributed by atoms with Crippen LogP contribution >= 0.6 is 11.3 Å². The van der Waals surface area contributed by atoms with Crippen molar-refractivity contribution in [1.82, 2.24) is 20.1 Å². The van der Waals surface area contributed by atoms with Crippen LogP contribution in [0.1, 0.15) is 9.75 Å². The molecule has 0 radical (unpaired) electrons. The molecule has 0 aromatic carbocycles. The largest absolute Gasteiger partial charge is 0.384 e. The number of thiophene rings is 1. The van der Waals surface area contributed by atoms with Crippen molar-refractivity contribution < 1.29 is 9.90 Å². The fraction of sp³-hybridized carbons (Fsp3) is 0.250. The second kappa shape index (κ2) is 6.68. The zero-order chi connectivity index (χ0) is 13.5. The number of nitrogens with one attached hydrogen (secondary N) is 1. The molecule has 7 heteroatoms. The fourth-order valence-electron chi connectivity index (χ4n) is 1.37. The average molecular weight is 276 g/mol. The summed E-state index contributed by atoms with van der Waals surface area (Å²) in [6.07, 6.45) is 2.88. The molecule has 98 valence electrons. The lowest BCUT2D eigenvalue weighted by Crippen LogP contribution is -2.26. The van der Waals surface area contributed by atoms with E-state index in [1.165, 1.54) is 28.7 Å². The molecule has 19 heavy (non-hydrogen) atoms. The van der Waals surface area contributed by atoms with Gasteiger partial charge in [0, 0.05) is 4.88 Å². The van der Waals surface area contributed by atoms with Gasteiger partial charge in [0.2, 0.25) is 5.91 Å². The van der Waals surface area contributed by atoms with Crippen molar-refractivity contribution in [1.29, 1.82) is 0 Å². The van der Waals surface area contributed by atoms with Crippen molar-refractivity contribution >= 4 is 17.2 Å². The van der Waals surface area contributed by atoms with Gasteiger partial charge in [-0.25, -0.2) is 9.67 Å². The Morgan fingerprint density at radius 2 is 2.42 bits per heavy atom. The van der Waals surface area contributed by atoms with Crippen LogP contribution < -0.4 is 5.32 Å². The highest BCUT2D eigenvalue weighted by Gasteiger charge is 2.04. The Balaban J connectivity index is 1.81. The van der Waals surface area contributed by atoms with Crippen molar-refractivity contribution in [3.8, 4) is 11.8 Å². The monoisotopic (exact) mass is 276 g/mol. The van der Waals surface area contributed by atoms with Gasteiger partial charge in [-0.05, 0) is 12.1 Å². The van der Waals surface area contributed by atoms with E-state index in [1.807, 2.05) is 12.1 Å². The molecule has 0 unspecified atom stereocenters. The maximum absolute atomic E-state index is 11.6. The van der Waals surface area contributed by atoms with Gasteiger partial charge in [0.15, 0.2) is 0 Å². The number of nitrogens with zero attached hydrogens (tertiary/aromatic N) is 3. The zero-order valence-corrected chi connectivity index (χ0v) is 10.9. The second-order valence-corrected chi connectivity index (χ2v) is 4.76. The van der Waals surface area contributed by atoms with Crippen LogP contribution in [0.25, 0.3) is 0 Å². The molecule has 2 aromatic rings. The van der Waals surface area contributed by atoms with Crippen molar-refractivity contribution in [3.05, 3.63) is 34.5 Å². The number of carbonyl (C=O) groups excluding carboxylic acids is 1. The fourth-order valence-corrected chi connectivity index (χ4v) is 2.19. The highest BCUT2D eigenvalue weighted by molar-refractivity contribution is 7.12. The van der Waals surface area contributed by atoms with E-state index in [1.54, 1.807) is 0 Å². The molecule has 0 saturated heterocycles. The standard InChI is InChI=1S/C12H12N4O2S/c17-5-1-2-10-3-4-11(19-10)6-14-12(18)7-16-9-13-8-15-16/h3-4,8-9,17H,5-7H2,(H,14,18). The van der Waals surface area contributed by atoms with Crippen LogP contribution in [-0.2, 0) is 17.9 Å². The number of aliphatic hydroxyl groups excluding tert-OH is 1. The summed E-state index contributed by atoms with van der Waals surface area (Å²) >= 11 is 1.49. The highest BCUT2D eigenvalue weighted by Crippen LogP contribution is 2.14. The van der Waals surface area contributed by atoms with E-state index in [-0.39, 0.29) is 19.1 Å². The first-order valence-electron chi connectivity index (χ1n) is 5.55. The van der Waals surface area contributed by atoms with Gasteiger partial charge in [-0.1, -0.05) is 11.8 Å². The molecule has 0 bridgehead atoms. The Hall–Kier alpha value is -2.17. The highest BCUT2D eigenvalue weighted by atomic mass is 32.1. The minimum Gasteiger partial charge on any atom is -0.384 e.